The van der Waals surface area contributed by atoms with Gasteiger partial charge in [-0.2, -0.15) is 23.5 Å². The lowest BCUT2D eigenvalue weighted by Gasteiger charge is -2.14. The number of benzene rings is 2. The van der Waals surface area contributed by atoms with E-state index in [4.69, 9.17) is 0 Å². The van der Waals surface area contributed by atoms with Crippen molar-refractivity contribution in [2.45, 2.75) is 32.9 Å². The van der Waals surface area contributed by atoms with Crippen LogP contribution < -0.4 is 10.1 Å². The monoisotopic (exact) mass is 442 g/mol. The first-order valence-corrected chi connectivity index (χ1v) is 9.79. The first kappa shape index (κ1) is 22.9. The van der Waals surface area contributed by atoms with E-state index in [9.17, 15) is 23.2 Å². The highest BCUT2D eigenvalue weighted by molar-refractivity contribution is 6.05. The van der Waals surface area contributed by atoms with Crippen molar-refractivity contribution in [3.8, 4) is 17.5 Å². The maximum absolute atomic E-state index is 13.0. The Morgan fingerprint density at radius 2 is 1.91 bits per heavy atom. The van der Waals surface area contributed by atoms with Crippen LogP contribution in [-0.4, -0.2) is 28.5 Å². The molecule has 6 nitrogen and oxygen atoms in total. The summed E-state index contributed by atoms with van der Waals surface area (Å²) in [6, 6.07) is 13.4. The van der Waals surface area contributed by atoms with Crippen LogP contribution in [0.3, 0.4) is 0 Å². The van der Waals surface area contributed by atoms with Crippen molar-refractivity contribution >= 4 is 11.6 Å². The molecule has 2 aromatic carbocycles. The number of aryl methyl sites for hydroxylation is 1. The molecule has 9 heteroatoms. The fourth-order valence-corrected chi connectivity index (χ4v) is 3.16. The van der Waals surface area contributed by atoms with Gasteiger partial charge in [0.15, 0.2) is 6.61 Å². The van der Waals surface area contributed by atoms with Gasteiger partial charge in [0, 0.05) is 5.69 Å². The van der Waals surface area contributed by atoms with E-state index in [1.165, 1.54) is 24.4 Å². The number of ether oxygens (including phenoxy) is 1. The zero-order chi connectivity index (χ0) is 23.5. The number of nitriles is 1. The predicted octanol–water partition coefficient (Wildman–Crippen LogP) is 5.37. The number of alkyl halides is 3. The second-order valence-electron chi connectivity index (χ2n) is 7.53. The largest absolute Gasteiger partial charge is 0.483 e. The van der Waals surface area contributed by atoms with E-state index in [0.717, 1.165) is 11.3 Å². The van der Waals surface area contributed by atoms with Crippen molar-refractivity contribution in [3.05, 3.63) is 71.0 Å². The van der Waals surface area contributed by atoms with Crippen LogP contribution in [0.1, 0.15) is 46.9 Å². The highest BCUT2D eigenvalue weighted by Crippen LogP contribution is 2.27. The molecule has 1 aromatic heterocycles. The molecule has 0 saturated heterocycles. The van der Waals surface area contributed by atoms with Crippen LogP contribution in [0.4, 0.5) is 18.9 Å². The van der Waals surface area contributed by atoms with Gasteiger partial charge in [0.2, 0.25) is 0 Å². The number of aromatic nitrogens is 2. The number of rotatable bonds is 6. The molecule has 0 atom stereocenters. The van der Waals surface area contributed by atoms with Gasteiger partial charge in [0.05, 0.1) is 28.7 Å². The summed E-state index contributed by atoms with van der Waals surface area (Å²) in [4.78, 5) is 13.0. The number of anilines is 1. The van der Waals surface area contributed by atoms with Crippen molar-refractivity contribution in [2.75, 3.05) is 11.9 Å². The lowest BCUT2D eigenvalue weighted by atomic mass is 10.0. The van der Waals surface area contributed by atoms with Crippen LogP contribution >= 0.6 is 0 Å². The van der Waals surface area contributed by atoms with Crippen LogP contribution in [0.5, 0.6) is 5.75 Å². The average Bonchev–Trinajstić information content (AvgIpc) is 3.18. The molecule has 1 heterocycles. The first-order chi connectivity index (χ1) is 15.1. The summed E-state index contributed by atoms with van der Waals surface area (Å²) < 4.78 is 43.5. The Bertz CT molecular complexity index is 1160. The van der Waals surface area contributed by atoms with Gasteiger partial charge in [-0.25, -0.2) is 4.68 Å². The van der Waals surface area contributed by atoms with E-state index in [-0.39, 0.29) is 22.9 Å². The van der Waals surface area contributed by atoms with E-state index in [2.05, 4.69) is 15.2 Å². The van der Waals surface area contributed by atoms with Crippen LogP contribution in [-0.2, 0) is 0 Å². The van der Waals surface area contributed by atoms with Gasteiger partial charge < -0.3 is 10.1 Å². The summed E-state index contributed by atoms with van der Waals surface area (Å²) >= 11 is 0. The second-order valence-corrected chi connectivity index (χ2v) is 7.53. The molecule has 0 aliphatic carbocycles. The molecule has 0 aliphatic rings. The summed E-state index contributed by atoms with van der Waals surface area (Å²) in [5.74, 6) is -0.676. The molecule has 0 radical (unpaired) electrons. The standard InChI is InChI=1S/C23H21F3N4O2/c1-14(2)21-19(12-28-30(21)18-7-4-15(3)5-8-18)22(31)29-17-6-9-20(16(10-17)11-27)32-13-23(24,25)26/h4-10,12,14H,13H2,1-3H3,(H,29,31). The molecule has 3 aromatic rings. The lowest BCUT2D eigenvalue weighted by Crippen LogP contribution is -2.19. The minimum atomic E-state index is -4.52. The Labute approximate surface area is 183 Å². The molecule has 0 aliphatic heterocycles. The van der Waals surface area contributed by atoms with Gasteiger partial charge in [-0.15, -0.1) is 0 Å². The third-order valence-corrected chi connectivity index (χ3v) is 4.63. The van der Waals surface area contributed by atoms with Crippen molar-refractivity contribution in [2.24, 2.45) is 0 Å². The Hall–Kier alpha value is -3.80. The molecular weight excluding hydrogens is 421 g/mol. The van der Waals surface area contributed by atoms with E-state index in [0.29, 0.717) is 11.3 Å². The zero-order valence-corrected chi connectivity index (χ0v) is 17.7. The highest BCUT2D eigenvalue weighted by atomic mass is 19.4. The molecule has 0 fully saturated rings. The predicted molar refractivity (Wildman–Crippen MR) is 113 cm³/mol. The Kier molecular flexibility index (Phi) is 6.53. The van der Waals surface area contributed by atoms with Crippen molar-refractivity contribution < 1.29 is 22.7 Å². The number of hydrogen-bond acceptors (Lipinski definition) is 4. The van der Waals surface area contributed by atoms with Crippen LogP contribution in [0, 0.1) is 18.3 Å². The number of carbonyl (C=O) groups excluding carboxylic acids is 1. The highest BCUT2D eigenvalue weighted by Gasteiger charge is 2.29. The second kappa shape index (κ2) is 9.14. The smallest absolute Gasteiger partial charge is 0.422 e. The summed E-state index contributed by atoms with van der Waals surface area (Å²) in [5, 5.41) is 16.3. The quantitative estimate of drug-likeness (QED) is 0.557. The summed E-state index contributed by atoms with van der Waals surface area (Å²) in [7, 11) is 0. The number of hydrogen-bond donors (Lipinski definition) is 1. The van der Waals surface area contributed by atoms with Gasteiger partial charge in [-0.3, -0.25) is 4.79 Å². The van der Waals surface area contributed by atoms with Gasteiger partial charge in [-0.1, -0.05) is 31.5 Å². The van der Waals surface area contributed by atoms with Gasteiger partial charge in [0.25, 0.3) is 5.91 Å². The number of halogens is 3. The van der Waals surface area contributed by atoms with Crippen molar-refractivity contribution in [3.63, 3.8) is 0 Å². The van der Waals surface area contributed by atoms with Gasteiger partial charge >= 0.3 is 6.18 Å². The third-order valence-electron chi connectivity index (χ3n) is 4.63. The maximum Gasteiger partial charge on any atom is 0.422 e. The third kappa shape index (κ3) is 5.27. The zero-order valence-electron chi connectivity index (χ0n) is 17.7. The number of amides is 1. The Balaban J connectivity index is 1.86. The summed E-state index contributed by atoms with van der Waals surface area (Å²) in [6.45, 7) is 4.35. The molecule has 1 N–H and O–H groups in total. The molecular formula is C23H21F3N4O2. The van der Waals surface area contributed by atoms with Crippen LogP contribution in [0.15, 0.2) is 48.7 Å². The number of nitrogens with one attached hydrogen (secondary N) is 1. The normalized spacial score (nSPS) is 11.3. The number of carbonyl (C=O) groups is 1. The van der Waals surface area contributed by atoms with E-state index in [1.54, 1.807) is 10.8 Å². The Morgan fingerprint density at radius 3 is 2.50 bits per heavy atom. The minimum Gasteiger partial charge on any atom is -0.483 e. The molecule has 0 unspecified atom stereocenters. The molecule has 0 spiro atoms. The summed E-state index contributed by atoms with van der Waals surface area (Å²) in [5.41, 5.74) is 3.11. The molecule has 0 saturated carbocycles. The molecule has 166 valence electrons. The van der Waals surface area contributed by atoms with Gasteiger partial charge in [0.1, 0.15) is 11.8 Å². The lowest BCUT2D eigenvalue weighted by molar-refractivity contribution is -0.153. The maximum atomic E-state index is 13.0. The summed E-state index contributed by atoms with van der Waals surface area (Å²) in [6.07, 6.45) is -3.05. The van der Waals surface area contributed by atoms with E-state index < -0.39 is 18.7 Å². The van der Waals surface area contributed by atoms with E-state index in [1.807, 2.05) is 45.0 Å². The van der Waals surface area contributed by atoms with Crippen LogP contribution in [0.25, 0.3) is 5.69 Å². The minimum absolute atomic E-state index is 0.0210. The number of nitrogens with zero attached hydrogens (tertiary/aromatic N) is 3. The molecule has 3 rings (SSSR count). The fraction of sp³-hybridized carbons (Fsp3) is 0.261. The van der Waals surface area contributed by atoms with Gasteiger partial charge in [-0.05, 0) is 43.2 Å². The van der Waals surface area contributed by atoms with Crippen LogP contribution in [0.2, 0.25) is 0 Å². The topological polar surface area (TPSA) is 79.9 Å². The first-order valence-electron chi connectivity index (χ1n) is 9.79. The average molecular weight is 442 g/mol. The van der Waals surface area contributed by atoms with E-state index >= 15 is 0 Å². The fourth-order valence-electron chi connectivity index (χ4n) is 3.16. The van der Waals surface area contributed by atoms with Crippen molar-refractivity contribution in [1.82, 2.24) is 9.78 Å². The molecule has 0 bridgehead atoms. The molecule has 32 heavy (non-hydrogen) atoms. The molecule has 1 amide bonds. The SMILES string of the molecule is Cc1ccc(-n2ncc(C(=O)Nc3ccc(OCC(F)(F)F)c(C#N)c3)c2C(C)C)cc1. The van der Waals surface area contributed by atoms with Crippen molar-refractivity contribution in [1.29, 1.82) is 5.26 Å². The Morgan fingerprint density at radius 1 is 1.22 bits per heavy atom.